The zero-order valence-electron chi connectivity index (χ0n) is 9.98. The fraction of sp³-hybridized carbons (Fsp3) is 0.417. The lowest BCUT2D eigenvalue weighted by Gasteiger charge is -2.29. The van der Waals surface area contributed by atoms with E-state index in [9.17, 15) is 9.90 Å². The van der Waals surface area contributed by atoms with E-state index in [1.807, 2.05) is 18.7 Å². The molecule has 0 aliphatic carbocycles. The topological polar surface area (TPSA) is 66.6 Å². The molecule has 0 radical (unpaired) electrons. The van der Waals surface area contributed by atoms with Crippen molar-refractivity contribution in [3.05, 3.63) is 28.8 Å². The third-order valence-electron chi connectivity index (χ3n) is 2.47. The van der Waals surface area contributed by atoms with Crippen molar-refractivity contribution >= 4 is 23.2 Å². The third kappa shape index (κ3) is 3.61. The molecule has 0 spiro atoms. The van der Waals surface area contributed by atoms with E-state index >= 15 is 0 Å². The van der Waals surface area contributed by atoms with Gasteiger partial charge in [0, 0.05) is 22.3 Å². The van der Waals surface area contributed by atoms with E-state index in [4.69, 9.17) is 17.3 Å². The van der Waals surface area contributed by atoms with E-state index in [1.54, 1.807) is 18.2 Å². The summed E-state index contributed by atoms with van der Waals surface area (Å²) in [6.07, 6.45) is 0. The Kier molecular flexibility index (Phi) is 4.78. The summed E-state index contributed by atoms with van der Waals surface area (Å²) in [5.41, 5.74) is 6.69. The molecular weight excluding hydrogens is 240 g/mol. The maximum absolute atomic E-state index is 11.0. The second-order valence-electron chi connectivity index (χ2n) is 4.12. The van der Waals surface area contributed by atoms with Gasteiger partial charge in [-0.15, -0.1) is 0 Å². The molecule has 17 heavy (non-hydrogen) atoms. The fourth-order valence-corrected chi connectivity index (χ4v) is 1.87. The first-order valence-electron chi connectivity index (χ1n) is 5.40. The monoisotopic (exact) mass is 256 g/mol. The van der Waals surface area contributed by atoms with Crippen molar-refractivity contribution in [2.75, 3.05) is 11.4 Å². The van der Waals surface area contributed by atoms with Crippen molar-refractivity contribution in [2.45, 2.75) is 26.5 Å². The van der Waals surface area contributed by atoms with E-state index < -0.39 is 5.91 Å². The van der Waals surface area contributed by atoms with Gasteiger partial charge in [-0.1, -0.05) is 11.6 Å². The molecule has 0 bridgehead atoms. The highest BCUT2D eigenvalue weighted by atomic mass is 35.5. The number of nitrogens with zero attached hydrogens (tertiary/aromatic N) is 1. The summed E-state index contributed by atoms with van der Waals surface area (Å²) in [5.74, 6) is -0.405. The van der Waals surface area contributed by atoms with Crippen molar-refractivity contribution in [2.24, 2.45) is 5.73 Å². The van der Waals surface area contributed by atoms with Gasteiger partial charge in [-0.05, 0) is 32.0 Å². The van der Waals surface area contributed by atoms with Gasteiger partial charge in [-0.2, -0.15) is 0 Å². The highest BCUT2D eigenvalue weighted by molar-refractivity contribution is 6.30. The van der Waals surface area contributed by atoms with Crippen LogP contribution in [0.4, 0.5) is 5.69 Å². The van der Waals surface area contributed by atoms with Crippen molar-refractivity contribution in [3.8, 4) is 0 Å². The molecule has 1 aromatic rings. The number of primary amides is 1. The van der Waals surface area contributed by atoms with E-state index in [1.165, 1.54) is 0 Å². The van der Waals surface area contributed by atoms with Gasteiger partial charge in [0.1, 0.15) is 0 Å². The zero-order valence-corrected chi connectivity index (χ0v) is 10.7. The lowest BCUT2D eigenvalue weighted by atomic mass is 10.1. The quantitative estimate of drug-likeness (QED) is 0.840. The van der Waals surface area contributed by atoms with Crippen LogP contribution in [0.25, 0.3) is 0 Å². The molecule has 0 aliphatic heterocycles. The number of rotatable bonds is 5. The molecule has 1 amide bonds. The Morgan fingerprint density at radius 3 is 2.65 bits per heavy atom. The van der Waals surface area contributed by atoms with Crippen LogP contribution in [0.1, 0.15) is 19.4 Å². The van der Waals surface area contributed by atoms with Gasteiger partial charge in [0.15, 0.2) is 0 Å². The molecule has 4 nitrogen and oxygen atoms in total. The average molecular weight is 257 g/mol. The molecule has 5 heteroatoms. The summed E-state index contributed by atoms with van der Waals surface area (Å²) in [5, 5.41) is 9.86. The van der Waals surface area contributed by atoms with E-state index in [0.29, 0.717) is 10.6 Å². The molecule has 0 aliphatic rings. The lowest BCUT2D eigenvalue weighted by molar-refractivity contribution is -0.116. The summed E-state index contributed by atoms with van der Waals surface area (Å²) >= 11 is 5.86. The average Bonchev–Trinajstić information content (AvgIpc) is 2.25. The standard InChI is InChI=1S/C12H17ClN2O2/c1-8(2)15(6-12(14)17)11-4-3-10(13)5-9(11)7-16/h3-5,8,16H,6-7H2,1-2H3,(H2,14,17). The minimum atomic E-state index is -0.405. The number of carbonyl (C=O) groups excluding carboxylic acids is 1. The predicted molar refractivity (Wildman–Crippen MR) is 69.1 cm³/mol. The van der Waals surface area contributed by atoms with Crippen molar-refractivity contribution in [1.82, 2.24) is 0 Å². The highest BCUT2D eigenvalue weighted by Gasteiger charge is 2.16. The number of anilines is 1. The first-order chi connectivity index (χ1) is 7.95. The molecule has 0 heterocycles. The summed E-state index contributed by atoms with van der Waals surface area (Å²) < 4.78 is 0. The largest absolute Gasteiger partial charge is 0.392 e. The van der Waals surface area contributed by atoms with Crippen LogP contribution < -0.4 is 10.6 Å². The van der Waals surface area contributed by atoms with Crippen LogP contribution in [0.3, 0.4) is 0 Å². The third-order valence-corrected chi connectivity index (χ3v) is 2.71. The van der Waals surface area contributed by atoms with Crippen LogP contribution in [0.5, 0.6) is 0 Å². The number of nitrogens with two attached hydrogens (primary N) is 1. The Balaban J connectivity index is 3.13. The Morgan fingerprint density at radius 1 is 1.53 bits per heavy atom. The molecule has 0 fully saturated rings. The van der Waals surface area contributed by atoms with Crippen LogP contribution in [-0.4, -0.2) is 23.6 Å². The normalized spacial score (nSPS) is 10.6. The first kappa shape index (κ1) is 13.8. The van der Waals surface area contributed by atoms with Gasteiger partial charge in [0.2, 0.25) is 5.91 Å². The molecule has 0 saturated heterocycles. The van der Waals surface area contributed by atoms with Crippen LogP contribution in [-0.2, 0) is 11.4 Å². The van der Waals surface area contributed by atoms with Gasteiger partial charge in [-0.3, -0.25) is 4.79 Å². The fourth-order valence-electron chi connectivity index (χ4n) is 1.67. The minimum absolute atomic E-state index is 0.106. The van der Waals surface area contributed by atoms with Crippen LogP contribution in [0.15, 0.2) is 18.2 Å². The molecule has 0 unspecified atom stereocenters. The number of hydrogen-bond acceptors (Lipinski definition) is 3. The van der Waals surface area contributed by atoms with E-state index in [2.05, 4.69) is 0 Å². The molecule has 0 atom stereocenters. The number of carbonyl (C=O) groups is 1. The number of aliphatic hydroxyl groups excluding tert-OH is 1. The Labute approximate surface area is 106 Å². The van der Waals surface area contributed by atoms with Crippen LogP contribution >= 0.6 is 11.6 Å². The summed E-state index contributed by atoms with van der Waals surface area (Å²) in [6, 6.07) is 5.31. The zero-order chi connectivity index (χ0) is 13.0. The van der Waals surface area contributed by atoms with Gasteiger partial charge in [-0.25, -0.2) is 0 Å². The second-order valence-corrected chi connectivity index (χ2v) is 4.56. The Hall–Kier alpha value is -1.26. The number of aliphatic hydroxyl groups is 1. The smallest absolute Gasteiger partial charge is 0.236 e. The maximum atomic E-state index is 11.0. The van der Waals surface area contributed by atoms with Gasteiger partial charge < -0.3 is 15.7 Å². The van der Waals surface area contributed by atoms with Crippen LogP contribution in [0.2, 0.25) is 5.02 Å². The summed E-state index contributed by atoms with van der Waals surface area (Å²) in [6.45, 7) is 3.90. The number of halogens is 1. The molecule has 3 N–H and O–H groups in total. The van der Waals surface area contributed by atoms with Gasteiger partial charge >= 0.3 is 0 Å². The minimum Gasteiger partial charge on any atom is -0.392 e. The Morgan fingerprint density at radius 2 is 2.18 bits per heavy atom. The number of benzene rings is 1. The molecular formula is C12H17ClN2O2. The van der Waals surface area contributed by atoms with Crippen molar-refractivity contribution in [1.29, 1.82) is 0 Å². The lowest BCUT2D eigenvalue weighted by Crippen LogP contribution is -2.39. The summed E-state index contributed by atoms with van der Waals surface area (Å²) in [4.78, 5) is 12.9. The first-order valence-corrected chi connectivity index (χ1v) is 5.77. The van der Waals surface area contributed by atoms with Crippen molar-refractivity contribution in [3.63, 3.8) is 0 Å². The Bertz CT molecular complexity index is 407. The van der Waals surface area contributed by atoms with Gasteiger partial charge in [0.05, 0.1) is 13.2 Å². The predicted octanol–water partition coefficient (Wildman–Crippen LogP) is 1.53. The van der Waals surface area contributed by atoms with Crippen LogP contribution in [0, 0.1) is 0 Å². The number of amides is 1. The van der Waals surface area contributed by atoms with Gasteiger partial charge in [0.25, 0.3) is 0 Å². The number of hydrogen-bond donors (Lipinski definition) is 2. The summed E-state index contributed by atoms with van der Waals surface area (Å²) in [7, 11) is 0. The highest BCUT2D eigenvalue weighted by Crippen LogP contribution is 2.25. The molecule has 1 aromatic carbocycles. The molecule has 1 rings (SSSR count). The molecule has 0 aromatic heterocycles. The van der Waals surface area contributed by atoms with E-state index in [-0.39, 0.29) is 19.2 Å². The van der Waals surface area contributed by atoms with Crippen molar-refractivity contribution < 1.29 is 9.90 Å². The molecule has 0 saturated carbocycles. The maximum Gasteiger partial charge on any atom is 0.236 e. The molecule has 94 valence electrons. The SMILES string of the molecule is CC(C)N(CC(N)=O)c1ccc(Cl)cc1CO. The van der Waals surface area contributed by atoms with E-state index in [0.717, 1.165) is 5.69 Å². The second kappa shape index (κ2) is 5.89.